The maximum absolute atomic E-state index is 9.42. The molecular formula is C14H17NO2. The molecule has 0 bridgehead atoms. The standard InChI is InChI=1S/C14H17NO2/c1-15(2)7-8-17-14-6-4-11-3-5-13(16)9-12(11)10-14/h3-6,9-10,16H,7-8H2,1-2H3. The van der Waals surface area contributed by atoms with Crippen molar-refractivity contribution in [3.8, 4) is 11.5 Å². The molecule has 0 aromatic heterocycles. The highest BCUT2D eigenvalue weighted by atomic mass is 16.5. The van der Waals surface area contributed by atoms with Crippen LogP contribution in [0.15, 0.2) is 36.4 Å². The Bertz CT molecular complexity index is 509. The van der Waals surface area contributed by atoms with Gasteiger partial charge in [0.25, 0.3) is 0 Å². The van der Waals surface area contributed by atoms with E-state index in [0.29, 0.717) is 6.61 Å². The van der Waals surface area contributed by atoms with Crippen molar-refractivity contribution in [2.75, 3.05) is 27.2 Å². The van der Waals surface area contributed by atoms with Crippen molar-refractivity contribution in [2.24, 2.45) is 0 Å². The summed E-state index contributed by atoms with van der Waals surface area (Å²) in [6.07, 6.45) is 0. The van der Waals surface area contributed by atoms with E-state index in [1.54, 1.807) is 12.1 Å². The molecule has 3 heteroatoms. The molecule has 0 saturated carbocycles. The molecule has 2 aromatic rings. The fourth-order valence-corrected chi connectivity index (χ4v) is 1.65. The van der Waals surface area contributed by atoms with E-state index >= 15 is 0 Å². The van der Waals surface area contributed by atoms with Crippen LogP contribution >= 0.6 is 0 Å². The van der Waals surface area contributed by atoms with E-state index in [0.717, 1.165) is 23.1 Å². The number of phenolic OH excluding ortho intramolecular Hbond substituents is 1. The lowest BCUT2D eigenvalue weighted by Gasteiger charge is -2.11. The number of hydrogen-bond acceptors (Lipinski definition) is 3. The molecular weight excluding hydrogens is 214 g/mol. The van der Waals surface area contributed by atoms with Crippen molar-refractivity contribution in [3.05, 3.63) is 36.4 Å². The smallest absolute Gasteiger partial charge is 0.120 e. The molecule has 0 unspecified atom stereocenters. The van der Waals surface area contributed by atoms with E-state index in [1.807, 2.05) is 38.4 Å². The number of fused-ring (bicyclic) bond motifs is 1. The van der Waals surface area contributed by atoms with Gasteiger partial charge in [-0.25, -0.2) is 0 Å². The largest absolute Gasteiger partial charge is 0.508 e. The first-order valence-corrected chi connectivity index (χ1v) is 5.65. The molecule has 3 nitrogen and oxygen atoms in total. The maximum atomic E-state index is 9.42. The van der Waals surface area contributed by atoms with Gasteiger partial charge >= 0.3 is 0 Å². The molecule has 1 N–H and O–H groups in total. The lowest BCUT2D eigenvalue weighted by atomic mass is 10.1. The van der Waals surface area contributed by atoms with E-state index in [-0.39, 0.29) is 5.75 Å². The summed E-state index contributed by atoms with van der Waals surface area (Å²) >= 11 is 0. The summed E-state index contributed by atoms with van der Waals surface area (Å²) in [6.45, 7) is 1.55. The van der Waals surface area contributed by atoms with Crippen molar-refractivity contribution in [1.29, 1.82) is 0 Å². The van der Waals surface area contributed by atoms with E-state index in [2.05, 4.69) is 4.90 Å². The summed E-state index contributed by atoms with van der Waals surface area (Å²) in [5.74, 6) is 1.12. The van der Waals surface area contributed by atoms with Gasteiger partial charge < -0.3 is 14.7 Å². The van der Waals surface area contributed by atoms with Crippen LogP contribution in [0, 0.1) is 0 Å². The zero-order valence-electron chi connectivity index (χ0n) is 10.2. The number of ether oxygens (including phenoxy) is 1. The van der Waals surface area contributed by atoms with Crippen molar-refractivity contribution >= 4 is 10.8 Å². The Balaban J connectivity index is 2.13. The fraction of sp³-hybridized carbons (Fsp3) is 0.286. The molecule has 0 aliphatic heterocycles. The summed E-state index contributed by atoms with van der Waals surface area (Å²) in [6, 6.07) is 11.2. The topological polar surface area (TPSA) is 32.7 Å². The second kappa shape index (κ2) is 5.06. The van der Waals surface area contributed by atoms with Crippen LogP contribution in [0.25, 0.3) is 10.8 Å². The highest BCUT2D eigenvalue weighted by Crippen LogP contribution is 2.24. The molecule has 2 rings (SSSR count). The van der Waals surface area contributed by atoms with Gasteiger partial charge in [-0.3, -0.25) is 0 Å². The first kappa shape index (κ1) is 11.7. The third-order valence-electron chi connectivity index (χ3n) is 2.60. The van der Waals surface area contributed by atoms with Crippen LogP contribution in [0.5, 0.6) is 11.5 Å². The molecule has 90 valence electrons. The fourth-order valence-electron chi connectivity index (χ4n) is 1.65. The molecule has 0 amide bonds. The maximum Gasteiger partial charge on any atom is 0.120 e. The molecule has 0 spiro atoms. The Kier molecular flexibility index (Phi) is 3.49. The molecule has 0 heterocycles. The Morgan fingerprint density at radius 2 is 1.82 bits per heavy atom. The highest BCUT2D eigenvalue weighted by molar-refractivity contribution is 5.85. The average Bonchev–Trinajstić information content (AvgIpc) is 2.28. The van der Waals surface area contributed by atoms with Gasteiger partial charge in [-0.15, -0.1) is 0 Å². The second-order valence-electron chi connectivity index (χ2n) is 4.34. The number of hydrogen-bond donors (Lipinski definition) is 1. The lowest BCUT2D eigenvalue weighted by Crippen LogP contribution is -2.19. The van der Waals surface area contributed by atoms with E-state index in [4.69, 9.17) is 4.74 Å². The van der Waals surface area contributed by atoms with Crippen LogP contribution in [0.4, 0.5) is 0 Å². The monoisotopic (exact) mass is 231 g/mol. The number of nitrogens with zero attached hydrogens (tertiary/aromatic N) is 1. The minimum Gasteiger partial charge on any atom is -0.508 e. The van der Waals surface area contributed by atoms with Crippen LogP contribution in [-0.2, 0) is 0 Å². The summed E-state index contributed by atoms with van der Waals surface area (Å²) in [4.78, 5) is 2.08. The van der Waals surface area contributed by atoms with Crippen LogP contribution in [-0.4, -0.2) is 37.3 Å². The zero-order valence-corrected chi connectivity index (χ0v) is 10.2. The van der Waals surface area contributed by atoms with Gasteiger partial charge in [0, 0.05) is 6.54 Å². The van der Waals surface area contributed by atoms with E-state index < -0.39 is 0 Å². The van der Waals surface area contributed by atoms with Gasteiger partial charge in [-0.2, -0.15) is 0 Å². The van der Waals surface area contributed by atoms with Gasteiger partial charge in [-0.1, -0.05) is 12.1 Å². The Labute approximate surface area is 101 Å². The van der Waals surface area contributed by atoms with Gasteiger partial charge in [0.15, 0.2) is 0 Å². The first-order chi connectivity index (χ1) is 8.15. The molecule has 17 heavy (non-hydrogen) atoms. The van der Waals surface area contributed by atoms with Crippen LogP contribution < -0.4 is 4.74 Å². The Morgan fingerprint density at radius 1 is 1.06 bits per heavy atom. The lowest BCUT2D eigenvalue weighted by molar-refractivity contribution is 0.261. The Hall–Kier alpha value is -1.74. The number of phenols is 1. The van der Waals surface area contributed by atoms with E-state index in [1.165, 1.54) is 0 Å². The van der Waals surface area contributed by atoms with Crippen molar-refractivity contribution in [2.45, 2.75) is 0 Å². The predicted octanol–water partition coefficient (Wildman–Crippen LogP) is 2.49. The molecule has 0 atom stereocenters. The molecule has 0 saturated heterocycles. The molecule has 0 aliphatic carbocycles. The number of likely N-dealkylation sites (N-methyl/N-ethyl adjacent to an activating group) is 1. The average molecular weight is 231 g/mol. The van der Waals surface area contributed by atoms with Gasteiger partial charge in [0.1, 0.15) is 18.1 Å². The minimum absolute atomic E-state index is 0.281. The van der Waals surface area contributed by atoms with Crippen molar-refractivity contribution < 1.29 is 9.84 Å². The molecule has 0 aliphatic rings. The number of benzene rings is 2. The Morgan fingerprint density at radius 3 is 2.59 bits per heavy atom. The van der Waals surface area contributed by atoms with Crippen molar-refractivity contribution in [1.82, 2.24) is 4.90 Å². The molecule has 2 aromatic carbocycles. The van der Waals surface area contributed by atoms with Crippen molar-refractivity contribution in [3.63, 3.8) is 0 Å². The highest BCUT2D eigenvalue weighted by Gasteiger charge is 1.99. The van der Waals surface area contributed by atoms with Crippen LogP contribution in [0.2, 0.25) is 0 Å². The number of aromatic hydroxyl groups is 1. The molecule has 0 fully saturated rings. The quantitative estimate of drug-likeness (QED) is 0.877. The minimum atomic E-state index is 0.281. The van der Waals surface area contributed by atoms with E-state index in [9.17, 15) is 5.11 Å². The zero-order chi connectivity index (χ0) is 12.3. The normalized spacial score (nSPS) is 11.0. The predicted molar refractivity (Wildman–Crippen MR) is 69.7 cm³/mol. The summed E-state index contributed by atoms with van der Waals surface area (Å²) < 4.78 is 5.64. The van der Waals surface area contributed by atoms with Crippen LogP contribution in [0.3, 0.4) is 0 Å². The summed E-state index contributed by atoms with van der Waals surface area (Å²) in [5.41, 5.74) is 0. The van der Waals surface area contributed by atoms with Gasteiger partial charge in [0.05, 0.1) is 0 Å². The number of rotatable bonds is 4. The molecule has 0 radical (unpaired) electrons. The second-order valence-corrected chi connectivity index (χ2v) is 4.34. The van der Waals surface area contributed by atoms with Crippen LogP contribution in [0.1, 0.15) is 0 Å². The third kappa shape index (κ3) is 3.11. The van der Waals surface area contributed by atoms with Gasteiger partial charge in [0.2, 0.25) is 0 Å². The third-order valence-corrected chi connectivity index (χ3v) is 2.60. The summed E-state index contributed by atoms with van der Waals surface area (Å²) in [5, 5.41) is 11.5. The first-order valence-electron chi connectivity index (χ1n) is 5.65. The SMILES string of the molecule is CN(C)CCOc1ccc2ccc(O)cc2c1. The summed E-state index contributed by atoms with van der Waals surface area (Å²) in [7, 11) is 4.03. The van der Waals surface area contributed by atoms with Gasteiger partial charge in [-0.05, 0) is 49.1 Å².